The quantitative estimate of drug-likeness (QED) is 0.776. The summed E-state index contributed by atoms with van der Waals surface area (Å²) in [5, 5.41) is 9.63. The average molecular weight is 259 g/mol. The maximum atomic E-state index is 12.2. The van der Waals surface area contributed by atoms with Crippen molar-refractivity contribution < 1.29 is 9.90 Å². The molecule has 0 saturated carbocycles. The van der Waals surface area contributed by atoms with E-state index in [1.807, 2.05) is 0 Å². The standard InChI is InChI=1S/C13H13N3O3/c1-13(19)7-15(8-13)11(17)9-6-14-10-4-2-3-5-16(10)12(9)18/h2-6,19H,7-8H2,1H3. The van der Waals surface area contributed by atoms with Crippen molar-refractivity contribution in [1.82, 2.24) is 14.3 Å². The second-order valence-corrected chi connectivity index (χ2v) is 5.06. The van der Waals surface area contributed by atoms with Gasteiger partial charge in [0.1, 0.15) is 11.2 Å². The summed E-state index contributed by atoms with van der Waals surface area (Å²) >= 11 is 0. The van der Waals surface area contributed by atoms with Crippen LogP contribution in [0.4, 0.5) is 0 Å². The highest BCUT2D eigenvalue weighted by atomic mass is 16.3. The first-order valence-corrected chi connectivity index (χ1v) is 5.96. The van der Waals surface area contributed by atoms with Gasteiger partial charge < -0.3 is 10.0 Å². The minimum absolute atomic E-state index is 0.0270. The number of aromatic nitrogens is 2. The van der Waals surface area contributed by atoms with Crippen LogP contribution in [0.5, 0.6) is 0 Å². The third-order valence-corrected chi connectivity index (χ3v) is 3.19. The number of hydrogen-bond donors (Lipinski definition) is 1. The van der Waals surface area contributed by atoms with Crippen LogP contribution in [0, 0.1) is 0 Å². The number of β-amino-alcohol motifs (C(OH)–C–C–N with tert-alkyl or cyclic N) is 1. The minimum atomic E-state index is -0.851. The number of fused-ring (bicyclic) bond motifs is 1. The summed E-state index contributed by atoms with van der Waals surface area (Å²) in [6.45, 7) is 2.13. The molecule has 6 heteroatoms. The Balaban J connectivity index is 2.00. The number of nitrogens with zero attached hydrogens (tertiary/aromatic N) is 3. The van der Waals surface area contributed by atoms with Crippen molar-refractivity contribution in [3.63, 3.8) is 0 Å². The van der Waals surface area contributed by atoms with Crippen LogP contribution in [-0.2, 0) is 0 Å². The molecule has 0 spiro atoms. The number of likely N-dealkylation sites (tertiary alicyclic amines) is 1. The fraction of sp³-hybridized carbons (Fsp3) is 0.308. The van der Waals surface area contributed by atoms with Crippen LogP contribution in [0.2, 0.25) is 0 Å². The van der Waals surface area contributed by atoms with Gasteiger partial charge in [0.25, 0.3) is 11.5 Å². The van der Waals surface area contributed by atoms with Gasteiger partial charge >= 0.3 is 0 Å². The summed E-state index contributed by atoms with van der Waals surface area (Å²) in [5.74, 6) is -0.387. The summed E-state index contributed by atoms with van der Waals surface area (Å²) in [4.78, 5) is 29.9. The number of hydrogen-bond acceptors (Lipinski definition) is 4. The van der Waals surface area contributed by atoms with E-state index in [-0.39, 0.29) is 30.1 Å². The summed E-state index contributed by atoms with van der Waals surface area (Å²) < 4.78 is 1.34. The largest absolute Gasteiger partial charge is 0.386 e. The zero-order valence-corrected chi connectivity index (χ0v) is 10.4. The van der Waals surface area contributed by atoms with Crippen molar-refractivity contribution in [3.05, 3.63) is 46.5 Å². The molecule has 1 amide bonds. The van der Waals surface area contributed by atoms with Crippen molar-refractivity contribution in [2.75, 3.05) is 13.1 Å². The van der Waals surface area contributed by atoms with E-state index in [2.05, 4.69) is 4.98 Å². The molecule has 19 heavy (non-hydrogen) atoms. The van der Waals surface area contributed by atoms with Gasteiger partial charge in [0.15, 0.2) is 0 Å². The molecular formula is C13H13N3O3. The highest BCUT2D eigenvalue weighted by Gasteiger charge is 2.40. The number of rotatable bonds is 1. The third-order valence-electron chi connectivity index (χ3n) is 3.19. The van der Waals surface area contributed by atoms with Crippen LogP contribution in [0.1, 0.15) is 17.3 Å². The monoisotopic (exact) mass is 259 g/mol. The Morgan fingerprint density at radius 2 is 2.16 bits per heavy atom. The van der Waals surface area contributed by atoms with Crippen LogP contribution in [0.15, 0.2) is 35.4 Å². The molecule has 1 aliphatic heterocycles. The zero-order valence-electron chi connectivity index (χ0n) is 10.4. The zero-order chi connectivity index (χ0) is 13.6. The molecule has 2 aromatic heterocycles. The van der Waals surface area contributed by atoms with Gasteiger partial charge in [-0.15, -0.1) is 0 Å². The molecule has 6 nitrogen and oxygen atoms in total. The minimum Gasteiger partial charge on any atom is -0.386 e. The van der Waals surface area contributed by atoms with Gasteiger partial charge in [-0.25, -0.2) is 4.98 Å². The van der Waals surface area contributed by atoms with E-state index in [0.29, 0.717) is 5.65 Å². The van der Waals surface area contributed by atoms with Crippen LogP contribution in [0.25, 0.3) is 5.65 Å². The summed E-state index contributed by atoms with van der Waals surface area (Å²) in [6, 6.07) is 5.18. The first-order chi connectivity index (χ1) is 8.98. The lowest BCUT2D eigenvalue weighted by molar-refractivity contribution is -0.0669. The molecule has 98 valence electrons. The number of pyridine rings is 1. The lowest BCUT2D eigenvalue weighted by Gasteiger charge is -2.43. The molecule has 1 saturated heterocycles. The van der Waals surface area contributed by atoms with Crippen molar-refractivity contribution in [1.29, 1.82) is 0 Å². The van der Waals surface area contributed by atoms with Gasteiger partial charge in [-0.3, -0.25) is 14.0 Å². The Labute approximate surface area is 108 Å². The van der Waals surface area contributed by atoms with Crippen LogP contribution in [-0.4, -0.2) is 44.0 Å². The lowest BCUT2D eigenvalue weighted by atomic mass is 9.96. The fourth-order valence-electron chi connectivity index (χ4n) is 2.26. The van der Waals surface area contributed by atoms with E-state index < -0.39 is 5.60 Å². The van der Waals surface area contributed by atoms with Gasteiger partial charge in [-0.1, -0.05) is 6.07 Å². The van der Waals surface area contributed by atoms with E-state index in [0.717, 1.165) is 0 Å². The van der Waals surface area contributed by atoms with Gasteiger partial charge in [-0.2, -0.15) is 0 Å². The first kappa shape index (κ1) is 11.9. The molecule has 0 unspecified atom stereocenters. The van der Waals surface area contributed by atoms with Crippen molar-refractivity contribution in [2.45, 2.75) is 12.5 Å². The van der Waals surface area contributed by atoms with Gasteiger partial charge in [0, 0.05) is 12.4 Å². The number of carbonyl (C=O) groups excluding carboxylic acids is 1. The van der Waals surface area contributed by atoms with Crippen molar-refractivity contribution in [2.24, 2.45) is 0 Å². The van der Waals surface area contributed by atoms with Gasteiger partial charge in [0.2, 0.25) is 0 Å². The smallest absolute Gasteiger partial charge is 0.270 e. The first-order valence-electron chi connectivity index (χ1n) is 5.96. The Morgan fingerprint density at radius 3 is 2.84 bits per heavy atom. The van der Waals surface area contributed by atoms with Crippen molar-refractivity contribution >= 4 is 11.6 Å². The Morgan fingerprint density at radius 1 is 1.42 bits per heavy atom. The molecule has 0 bridgehead atoms. The normalized spacial score (nSPS) is 17.3. The van der Waals surface area contributed by atoms with E-state index in [1.54, 1.807) is 31.3 Å². The molecule has 0 aromatic carbocycles. The van der Waals surface area contributed by atoms with Crippen LogP contribution in [0.3, 0.4) is 0 Å². The number of amides is 1. The lowest BCUT2D eigenvalue weighted by Crippen LogP contribution is -2.62. The summed E-state index contributed by atoms with van der Waals surface area (Å²) in [7, 11) is 0. The van der Waals surface area contributed by atoms with Gasteiger partial charge in [-0.05, 0) is 19.1 Å². The molecule has 3 heterocycles. The predicted molar refractivity (Wildman–Crippen MR) is 68.0 cm³/mol. The van der Waals surface area contributed by atoms with E-state index in [4.69, 9.17) is 0 Å². The number of carbonyl (C=O) groups is 1. The Bertz CT molecular complexity index is 712. The Hall–Kier alpha value is -2.21. The number of aliphatic hydroxyl groups is 1. The van der Waals surface area contributed by atoms with E-state index >= 15 is 0 Å². The maximum Gasteiger partial charge on any atom is 0.270 e. The highest BCUT2D eigenvalue weighted by molar-refractivity contribution is 5.94. The SMILES string of the molecule is CC1(O)CN(C(=O)c2cnc3ccccn3c2=O)C1. The molecule has 2 aromatic rings. The van der Waals surface area contributed by atoms with Gasteiger partial charge in [0.05, 0.1) is 18.7 Å². The second kappa shape index (κ2) is 3.89. The summed E-state index contributed by atoms with van der Waals surface area (Å²) in [6.07, 6.45) is 2.88. The molecule has 0 aliphatic carbocycles. The molecular weight excluding hydrogens is 246 g/mol. The van der Waals surface area contributed by atoms with E-state index in [1.165, 1.54) is 15.5 Å². The molecule has 1 N–H and O–H groups in total. The molecule has 3 rings (SSSR count). The third kappa shape index (κ3) is 1.90. The second-order valence-electron chi connectivity index (χ2n) is 5.06. The Kier molecular flexibility index (Phi) is 2.43. The fourth-order valence-corrected chi connectivity index (χ4v) is 2.26. The average Bonchev–Trinajstić information content (AvgIpc) is 2.36. The molecule has 1 fully saturated rings. The maximum absolute atomic E-state index is 12.2. The predicted octanol–water partition coefficient (Wildman–Crippen LogP) is -0.0987. The molecule has 1 aliphatic rings. The molecule has 0 atom stereocenters. The topological polar surface area (TPSA) is 74.9 Å². The van der Waals surface area contributed by atoms with Crippen LogP contribution < -0.4 is 5.56 Å². The molecule has 0 radical (unpaired) electrons. The van der Waals surface area contributed by atoms with E-state index in [9.17, 15) is 14.7 Å². The van der Waals surface area contributed by atoms with Crippen molar-refractivity contribution in [3.8, 4) is 0 Å². The highest BCUT2D eigenvalue weighted by Crippen LogP contribution is 2.21. The van der Waals surface area contributed by atoms with Crippen LogP contribution >= 0.6 is 0 Å². The summed E-state index contributed by atoms with van der Waals surface area (Å²) in [5.41, 5.74) is -0.711.